The molecule has 6 nitrogen and oxygen atoms in total. The molecule has 7 aromatic carbocycles. The molecule has 4 aromatic heterocycles. The van der Waals surface area contributed by atoms with E-state index >= 15 is 0 Å². The van der Waals surface area contributed by atoms with Crippen LogP contribution in [0, 0.1) is 0 Å². The van der Waals surface area contributed by atoms with Crippen LogP contribution in [-0.2, 0) is 0 Å². The maximum Gasteiger partial charge on any atom is 0.228 e. The smallest absolute Gasteiger partial charge is 0.228 e. The van der Waals surface area contributed by atoms with Crippen molar-refractivity contribution >= 4 is 93.6 Å². The van der Waals surface area contributed by atoms with Crippen LogP contribution < -0.4 is 4.90 Å². The Kier molecular flexibility index (Phi) is 5.57. The molecule has 0 N–H and O–H groups in total. The molecule has 4 heterocycles. The molecule has 0 saturated carbocycles. The van der Waals surface area contributed by atoms with E-state index in [1.165, 1.54) is 0 Å². The summed E-state index contributed by atoms with van der Waals surface area (Å²) in [6, 6.07) is 48.1. The van der Waals surface area contributed by atoms with Gasteiger partial charge in [0.25, 0.3) is 0 Å². The Morgan fingerprint density at radius 1 is 0.480 bits per heavy atom. The third-order valence-electron chi connectivity index (χ3n) is 9.75. The predicted octanol–water partition coefficient (Wildman–Crippen LogP) is 12.5. The van der Waals surface area contributed by atoms with Crippen molar-refractivity contribution in [2.24, 2.45) is 0 Å². The first-order valence-corrected chi connectivity index (χ1v) is 16.5. The molecule has 0 bridgehead atoms. The fraction of sp³-hybridized carbons (Fsp3) is 0. The van der Waals surface area contributed by atoms with Crippen molar-refractivity contribution in [2.45, 2.75) is 0 Å². The number of hydrogen-bond donors (Lipinski definition) is 0. The number of oxazole rings is 1. The summed E-state index contributed by atoms with van der Waals surface area (Å²) in [5, 5.41) is 8.54. The average Bonchev–Trinajstić information content (AvgIpc) is 3.89. The lowest BCUT2D eigenvalue weighted by Crippen LogP contribution is -2.10. The molecule has 0 aliphatic heterocycles. The van der Waals surface area contributed by atoms with Crippen LogP contribution in [0.1, 0.15) is 0 Å². The minimum Gasteiger partial charge on any atom is -0.456 e. The first-order chi connectivity index (χ1) is 24.8. The molecule has 11 aromatic rings. The van der Waals surface area contributed by atoms with Crippen LogP contribution in [0.15, 0.2) is 165 Å². The first kappa shape index (κ1) is 27.1. The highest BCUT2D eigenvalue weighted by Gasteiger charge is 2.22. The summed E-state index contributed by atoms with van der Waals surface area (Å²) in [5.74, 6) is 0.550. The highest BCUT2D eigenvalue weighted by Crippen LogP contribution is 2.45. The number of furan rings is 2. The van der Waals surface area contributed by atoms with Gasteiger partial charge in [-0.2, -0.15) is 0 Å². The second kappa shape index (κ2) is 10.3. The van der Waals surface area contributed by atoms with Gasteiger partial charge in [-0.05, 0) is 89.0 Å². The van der Waals surface area contributed by atoms with Gasteiger partial charge in [0.05, 0.1) is 16.6 Å². The average molecular weight is 644 g/mol. The standard InChI is InChI=1S/C44H25N3O3/c1-3-11-37-31(8-1)34-24-30(19-21-39(34)48-37)47(36-10-5-13-40-42(36)32-9-2-4-12-38(32)49-40)29-18-16-26-14-15-27-17-20-35-43(41(27)33(26)23-29)50-44(46-35)28-7-6-22-45-25-28/h1-25H. The molecule has 0 saturated heterocycles. The molecule has 50 heavy (non-hydrogen) atoms. The van der Waals surface area contributed by atoms with Crippen LogP contribution in [0.3, 0.4) is 0 Å². The van der Waals surface area contributed by atoms with E-state index in [1.54, 1.807) is 12.4 Å². The molecular weight excluding hydrogens is 619 g/mol. The zero-order valence-electron chi connectivity index (χ0n) is 26.5. The summed E-state index contributed by atoms with van der Waals surface area (Å²) < 4.78 is 19.2. The van der Waals surface area contributed by atoms with Crippen LogP contribution in [0.2, 0.25) is 0 Å². The fourth-order valence-corrected chi connectivity index (χ4v) is 7.48. The Balaban J connectivity index is 1.21. The van der Waals surface area contributed by atoms with E-state index in [0.717, 1.165) is 99.1 Å². The van der Waals surface area contributed by atoms with E-state index in [4.69, 9.17) is 18.2 Å². The Morgan fingerprint density at radius 2 is 1.18 bits per heavy atom. The number of nitrogens with zero attached hydrogens (tertiary/aromatic N) is 3. The van der Waals surface area contributed by atoms with E-state index in [2.05, 4.69) is 101 Å². The molecule has 0 aliphatic rings. The minimum atomic E-state index is 0.550. The summed E-state index contributed by atoms with van der Waals surface area (Å²) in [6.45, 7) is 0. The molecule has 0 atom stereocenters. The van der Waals surface area contributed by atoms with Crippen molar-refractivity contribution in [1.82, 2.24) is 9.97 Å². The summed E-state index contributed by atoms with van der Waals surface area (Å²) >= 11 is 0. The topological polar surface area (TPSA) is 68.4 Å². The van der Waals surface area contributed by atoms with Crippen molar-refractivity contribution in [1.29, 1.82) is 0 Å². The zero-order valence-corrected chi connectivity index (χ0v) is 26.5. The third kappa shape index (κ3) is 3.96. The SMILES string of the molecule is c1cncc(-c2nc3ccc4ccc5ccc(N(c6ccc7oc8ccccc8c7c6)c6cccc7oc8ccccc8c67)cc5c4c3o2)c1. The van der Waals surface area contributed by atoms with Gasteiger partial charge in [-0.25, -0.2) is 4.98 Å². The second-order valence-corrected chi connectivity index (χ2v) is 12.6. The number of aromatic nitrogens is 2. The van der Waals surface area contributed by atoms with Gasteiger partial charge in [0, 0.05) is 45.3 Å². The van der Waals surface area contributed by atoms with Crippen LogP contribution in [-0.4, -0.2) is 9.97 Å². The van der Waals surface area contributed by atoms with Crippen molar-refractivity contribution in [3.05, 3.63) is 152 Å². The van der Waals surface area contributed by atoms with Gasteiger partial charge in [-0.3, -0.25) is 4.98 Å². The number of para-hydroxylation sites is 2. The number of benzene rings is 7. The molecular formula is C44H25N3O3. The van der Waals surface area contributed by atoms with Crippen LogP contribution >= 0.6 is 0 Å². The van der Waals surface area contributed by atoms with Crippen LogP contribution in [0.4, 0.5) is 17.1 Å². The van der Waals surface area contributed by atoms with Crippen LogP contribution in [0.25, 0.3) is 88.0 Å². The summed E-state index contributed by atoms with van der Waals surface area (Å²) in [5.41, 5.74) is 8.83. The maximum atomic E-state index is 6.53. The largest absolute Gasteiger partial charge is 0.456 e. The summed E-state index contributed by atoms with van der Waals surface area (Å²) in [4.78, 5) is 11.5. The number of rotatable bonds is 4. The number of anilines is 3. The maximum absolute atomic E-state index is 6.53. The van der Waals surface area contributed by atoms with E-state index in [1.807, 2.05) is 48.5 Å². The Labute approximate surface area is 284 Å². The van der Waals surface area contributed by atoms with Crippen molar-refractivity contribution in [2.75, 3.05) is 4.90 Å². The monoisotopic (exact) mass is 643 g/mol. The molecule has 0 aliphatic carbocycles. The Morgan fingerprint density at radius 3 is 2.06 bits per heavy atom. The van der Waals surface area contributed by atoms with Gasteiger partial charge in [-0.15, -0.1) is 0 Å². The number of hydrogen-bond acceptors (Lipinski definition) is 6. The van der Waals surface area contributed by atoms with Gasteiger partial charge >= 0.3 is 0 Å². The van der Waals surface area contributed by atoms with Gasteiger partial charge < -0.3 is 18.2 Å². The fourth-order valence-electron chi connectivity index (χ4n) is 7.48. The third-order valence-corrected chi connectivity index (χ3v) is 9.75. The van der Waals surface area contributed by atoms with Crippen molar-refractivity contribution in [3.8, 4) is 11.5 Å². The molecule has 11 rings (SSSR count). The molecule has 0 unspecified atom stereocenters. The Hall–Kier alpha value is -6.92. The molecule has 0 amide bonds. The molecule has 6 heteroatoms. The molecule has 0 fully saturated rings. The second-order valence-electron chi connectivity index (χ2n) is 12.6. The quantitative estimate of drug-likeness (QED) is 0.178. The summed E-state index contributed by atoms with van der Waals surface area (Å²) in [6.07, 6.45) is 3.53. The predicted molar refractivity (Wildman–Crippen MR) is 201 cm³/mol. The van der Waals surface area contributed by atoms with Crippen molar-refractivity contribution < 1.29 is 13.3 Å². The van der Waals surface area contributed by atoms with Gasteiger partial charge in [-0.1, -0.05) is 66.7 Å². The highest BCUT2D eigenvalue weighted by molar-refractivity contribution is 6.19. The molecule has 0 spiro atoms. The van der Waals surface area contributed by atoms with Crippen LogP contribution in [0.5, 0.6) is 0 Å². The number of pyridine rings is 1. The minimum absolute atomic E-state index is 0.550. The highest BCUT2D eigenvalue weighted by atomic mass is 16.3. The van der Waals surface area contributed by atoms with Gasteiger partial charge in [0.1, 0.15) is 27.8 Å². The molecule has 234 valence electrons. The lowest BCUT2D eigenvalue weighted by atomic mass is 9.99. The van der Waals surface area contributed by atoms with Gasteiger partial charge in [0.15, 0.2) is 5.58 Å². The summed E-state index contributed by atoms with van der Waals surface area (Å²) in [7, 11) is 0. The van der Waals surface area contributed by atoms with E-state index in [9.17, 15) is 0 Å². The van der Waals surface area contributed by atoms with E-state index in [0.29, 0.717) is 5.89 Å². The van der Waals surface area contributed by atoms with Gasteiger partial charge in [0.2, 0.25) is 5.89 Å². The lowest BCUT2D eigenvalue weighted by molar-refractivity contribution is 0.623. The van der Waals surface area contributed by atoms with E-state index < -0.39 is 0 Å². The van der Waals surface area contributed by atoms with Crippen molar-refractivity contribution in [3.63, 3.8) is 0 Å². The first-order valence-electron chi connectivity index (χ1n) is 16.5. The zero-order chi connectivity index (χ0) is 32.8. The molecule has 0 radical (unpaired) electrons. The lowest BCUT2D eigenvalue weighted by Gasteiger charge is -2.27. The normalized spacial score (nSPS) is 12.0. The Bertz CT molecular complexity index is 3120. The van der Waals surface area contributed by atoms with E-state index in [-0.39, 0.29) is 0 Å². The number of fused-ring (bicyclic) bond motifs is 11.